The zero-order valence-corrected chi connectivity index (χ0v) is 25.3. The molecule has 0 spiro atoms. The smallest absolute Gasteiger partial charge is 0.245 e. The normalized spacial score (nSPS) is 25.4. The molecule has 0 saturated carbocycles. The van der Waals surface area contributed by atoms with E-state index in [9.17, 15) is 13.2 Å². The van der Waals surface area contributed by atoms with Crippen LogP contribution < -0.4 is 15.1 Å². The van der Waals surface area contributed by atoms with Gasteiger partial charge in [0.25, 0.3) is 0 Å². The molecule has 4 fully saturated rings. The van der Waals surface area contributed by atoms with Crippen LogP contribution in [-0.4, -0.2) is 97.2 Å². The summed E-state index contributed by atoms with van der Waals surface area (Å²) in [6, 6.07) is 8.57. The van der Waals surface area contributed by atoms with E-state index in [0.29, 0.717) is 56.0 Å². The van der Waals surface area contributed by atoms with E-state index in [4.69, 9.17) is 14.7 Å². The maximum atomic E-state index is 12.1. The summed E-state index contributed by atoms with van der Waals surface area (Å²) in [4.78, 5) is 32.6. The molecule has 11 nitrogen and oxygen atoms in total. The van der Waals surface area contributed by atoms with Crippen molar-refractivity contribution in [3.05, 3.63) is 54.9 Å². The van der Waals surface area contributed by atoms with E-state index in [1.807, 2.05) is 12.3 Å². The van der Waals surface area contributed by atoms with Crippen LogP contribution in [0.3, 0.4) is 0 Å². The molecule has 4 aliphatic rings. The Labute approximate surface area is 251 Å². The van der Waals surface area contributed by atoms with Crippen LogP contribution in [-0.2, 0) is 19.4 Å². The Morgan fingerprint density at radius 2 is 1.98 bits per heavy atom. The van der Waals surface area contributed by atoms with Crippen molar-refractivity contribution in [1.29, 1.82) is 0 Å². The summed E-state index contributed by atoms with van der Waals surface area (Å²) in [6.45, 7) is 9.25. The lowest BCUT2D eigenvalue weighted by molar-refractivity contribution is -0.130. The highest BCUT2D eigenvalue weighted by molar-refractivity contribution is 7.90. The van der Waals surface area contributed by atoms with Crippen molar-refractivity contribution in [2.45, 2.75) is 43.9 Å². The monoisotopic (exact) mass is 603 g/mol. The fourth-order valence-electron chi connectivity index (χ4n) is 7.01. The average molecular weight is 604 g/mol. The Morgan fingerprint density at radius 3 is 2.74 bits per heavy atom. The summed E-state index contributed by atoms with van der Waals surface area (Å²) in [6.07, 6.45) is 8.67. The number of benzene rings is 1. The molecule has 1 amide bonds. The van der Waals surface area contributed by atoms with Gasteiger partial charge in [0, 0.05) is 73.8 Å². The average Bonchev–Trinajstić information content (AvgIpc) is 3.34. The minimum absolute atomic E-state index is 0.0551. The van der Waals surface area contributed by atoms with Gasteiger partial charge in [-0.25, -0.2) is 18.4 Å². The number of nitrogens with zero attached hydrogens (tertiary/aromatic N) is 6. The minimum Gasteiger partial charge on any atom is -0.376 e. The lowest BCUT2D eigenvalue weighted by Gasteiger charge is -2.48. The molecule has 1 aromatic carbocycles. The Kier molecular flexibility index (Phi) is 7.00. The number of aromatic nitrogens is 3. The largest absolute Gasteiger partial charge is 0.376 e. The fourth-order valence-corrected chi connectivity index (χ4v) is 8.18. The second kappa shape index (κ2) is 10.7. The Morgan fingerprint density at radius 1 is 1.14 bits per heavy atom. The summed E-state index contributed by atoms with van der Waals surface area (Å²) in [7, 11) is -3.05. The van der Waals surface area contributed by atoms with E-state index in [0.717, 1.165) is 41.4 Å². The van der Waals surface area contributed by atoms with E-state index in [1.165, 1.54) is 12.3 Å². The molecule has 43 heavy (non-hydrogen) atoms. The maximum Gasteiger partial charge on any atom is 0.245 e. The summed E-state index contributed by atoms with van der Waals surface area (Å²) < 4.78 is 29.7. The van der Waals surface area contributed by atoms with Crippen molar-refractivity contribution in [2.24, 2.45) is 5.92 Å². The predicted octanol–water partition coefficient (Wildman–Crippen LogP) is 3.12. The van der Waals surface area contributed by atoms with Gasteiger partial charge in [0.1, 0.15) is 21.5 Å². The second-order valence-electron chi connectivity index (χ2n) is 12.4. The van der Waals surface area contributed by atoms with Gasteiger partial charge in [-0.05, 0) is 55.0 Å². The van der Waals surface area contributed by atoms with Crippen molar-refractivity contribution in [3.8, 4) is 0 Å². The molecule has 0 unspecified atom stereocenters. The van der Waals surface area contributed by atoms with Crippen LogP contribution in [0.4, 0.5) is 23.3 Å². The highest BCUT2D eigenvalue weighted by atomic mass is 32.2. The highest BCUT2D eigenvalue weighted by Crippen LogP contribution is 2.41. The van der Waals surface area contributed by atoms with Crippen molar-refractivity contribution >= 4 is 49.8 Å². The zero-order valence-electron chi connectivity index (χ0n) is 24.5. The number of pyridine rings is 1. The molecule has 226 valence electrons. The quantitative estimate of drug-likeness (QED) is 0.385. The Hall–Kier alpha value is -3.77. The van der Waals surface area contributed by atoms with Gasteiger partial charge >= 0.3 is 0 Å². The second-order valence-corrected chi connectivity index (χ2v) is 14.6. The lowest BCUT2D eigenvalue weighted by Crippen LogP contribution is -2.57. The number of carbonyl (C=O) groups excluding carboxylic acids is 1. The van der Waals surface area contributed by atoms with Crippen molar-refractivity contribution in [3.63, 3.8) is 0 Å². The van der Waals surface area contributed by atoms with E-state index in [-0.39, 0.29) is 29.5 Å². The first-order chi connectivity index (χ1) is 20.7. The number of piperidine rings is 1. The number of likely N-dealkylation sites (tertiary alicyclic amines) is 1. The molecule has 6 heterocycles. The van der Waals surface area contributed by atoms with Gasteiger partial charge in [-0.2, -0.15) is 4.98 Å². The SMILES string of the molecule is C=CC(=O)N1CC(c2ccc(N3C[C@H](CS(C)(=O)=O)[C@H]3C)c3cnc(Nc4ccnc(N5CC[C@H]6C[C@@H]5CO6)n4)cc23)C1. The molecular weight excluding hydrogens is 566 g/mol. The van der Waals surface area contributed by atoms with Crippen LogP contribution in [0.1, 0.15) is 31.2 Å². The number of anilines is 4. The summed E-state index contributed by atoms with van der Waals surface area (Å²) >= 11 is 0. The molecule has 12 heteroatoms. The van der Waals surface area contributed by atoms with Gasteiger partial charge < -0.3 is 24.8 Å². The number of hydrogen-bond donors (Lipinski definition) is 1. The third kappa shape index (κ3) is 5.31. The molecule has 3 aromatic rings. The van der Waals surface area contributed by atoms with Crippen LogP contribution in [0.5, 0.6) is 0 Å². The number of carbonyl (C=O) groups is 1. The van der Waals surface area contributed by atoms with Gasteiger partial charge in [-0.1, -0.05) is 12.6 Å². The molecule has 4 aliphatic heterocycles. The summed E-state index contributed by atoms with van der Waals surface area (Å²) in [5.74, 6) is 2.46. The third-order valence-corrected chi connectivity index (χ3v) is 10.5. The van der Waals surface area contributed by atoms with Crippen LogP contribution in [0.25, 0.3) is 10.8 Å². The topological polar surface area (TPSA) is 121 Å². The van der Waals surface area contributed by atoms with Crippen LogP contribution in [0.2, 0.25) is 0 Å². The number of sulfone groups is 1. The molecule has 0 radical (unpaired) electrons. The predicted molar refractivity (Wildman–Crippen MR) is 167 cm³/mol. The van der Waals surface area contributed by atoms with Crippen LogP contribution in [0.15, 0.2) is 49.3 Å². The first-order valence-electron chi connectivity index (χ1n) is 14.9. The lowest BCUT2D eigenvalue weighted by atomic mass is 9.85. The number of rotatable bonds is 8. The van der Waals surface area contributed by atoms with Gasteiger partial charge in [0.15, 0.2) is 0 Å². The van der Waals surface area contributed by atoms with E-state index >= 15 is 0 Å². The van der Waals surface area contributed by atoms with Crippen molar-refractivity contribution in [1.82, 2.24) is 19.9 Å². The zero-order chi connectivity index (χ0) is 29.9. The van der Waals surface area contributed by atoms with Gasteiger partial charge in [0.2, 0.25) is 11.9 Å². The number of nitrogens with one attached hydrogen (secondary N) is 1. The van der Waals surface area contributed by atoms with E-state index in [1.54, 1.807) is 11.1 Å². The first-order valence-corrected chi connectivity index (χ1v) is 17.0. The number of fused-ring (bicyclic) bond motifs is 3. The third-order valence-electron chi connectivity index (χ3n) is 9.50. The van der Waals surface area contributed by atoms with Crippen LogP contribution >= 0.6 is 0 Å². The molecule has 7 rings (SSSR count). The van der Waals surface area contributed by atoms with E-state index in [2.05, 4.69) is 51.8 Å². The molecule has 0 aliphatic carbocycles. The number of ether oxygens (including phenoxy) is 1. The fraction of sp³-hybridized carbons (Fsp3) is 0.484. The van der Waals surface area contributed by atoms with E-state index < -0.39 is 9.84 Å². The van der Waals surface area contributed by atoms with Crippen LogP contribution in [0, 0.1) is 5.92 Å². The molecule has 4 atom stereocenters. The first kappa shape index (κ1) is 28.0. The summed E-state index contributed by atoms with van der Waals surface area (Å²) in [5, 5.41) is 5.46. The minimum atomic E-state index is -3.05. The standard InChI is InChI=1S/C31H37N7O4S/c1-4-30(39)36-14-20(15-36)24-5-6-27(38-16-21(19(38)2)18-43(3,40)41)26-13-33-29(12-25(24)26)34-28-7-9-32-31(35-28)37-10-8-23-11-22(37)17-42-23/h4-7,9,12-13,19-23H,1,8,10-11,14-18H2,2-3H3,(H,32,33,34,35)/t19-,21-,22-,23+/m1/s1. The summed E-state index contributed by atoms with van der Waals surface area (Å²) in [5.41, 5.74) is 2.20. The Balaban J connectivity index is 1.18. The van der Waals surface area contributed by atoms with Crippen molar-refractivity contribution in [2.75, 3.05) is 59.9 Å². The molecule has 1 N–H and O–H groups in total. The number of hydrogen-bond acceptors (Lipinski definition) is 10. The van der Waals surface area contributed by atoms with Gasteiger partial charge in [-0.15, -0.1) is 0 Å². The van der Waals surface area contributed by atoms with Crippen molar-refractivity contribution < 1.29 is 17.9 Å². The molecule has 4 saturated heterocycles. The Bertz CT molecular complexity index is 1690. The molecule has 2 bridgehead atoms. The maximum absolute atomic E-state index is 12.1. The highest BCUT2D eigenvalue weighted by Gasteiger charge is 2.39. The van der Waals surface area contributed by atoms with Gasteiger partial charge in [-0.3, -0.25) is 4.79 Å². The van der Waals surface area contributed by atoms with Gasteiger partial charge in [0.05, 0.1) is 24.5 Å². The number of amides is 1. The molecular formula is C31H37N7O4S. The molecule has 2 aromatic heterocycles.